The van der Waals surface area contributed by atoms with Gasteiger partial charge in [0.15, 0.2) is 5.78 Å². The minimum Gasteiger partial charge on any atom is -0.512 e. The molecule has 3 rings (SSSR count). The van der Waals surface area contributed by atoms with Crippen molar-refractivity contribution < 1.29 is 30.0 Å². The molecule has 0 aliphatic rings. The summed E-state index contributed by atoms with van der Waals surface area (Å²) in [7, 11) is 0. The second-order valence-corrected chi connectivity index (χ2v) is 10.9. The van der Waals surface area contributed by atoms with Gasteiger partial charge in [-0.1, -0.05) is 68.4 Å². The minimum absolute atomic E-state index is 0. The number of rotatable bonds is 3. The molecule has 3 aromatic rings. The topological polar surface area (TPSA) is 63.1 Å². The van der Waals surface area contributed by atoms with E-state index in [0.717, 1.165) is 27.6 Å². The number of aliphatic hydroxyl groups is 1. The number of fused-ring (bicyclic) bond motifs is 1. The molecule has 4 nitrogen and oxygen atoms in total. The van der Waals surface area contributed by atoms with E-state index in [1.54, 1.807) is 0 Å². The Balaban J connectivity index is 0.000000364. The van der Waals surface area contributed by atoms with Crippen molar-refractivity contribution in [1.82, 2.24) is 9.97 Å². The van der Waals surface area contributed by atoms with Gasteiger partial charge in [0.05, 0.1) is 0 Å². The SMILES string of the molecule is CC(C)(C)C(=O)/C=C(\O)C(C)(C)C.Cc1[c-]c(-c2cc3ccncc3cn2)cc(C(C)C)c1.[Ir]. The second kappa shape index (κ2) is 11.9. The molecule has 0 saturated heterocycles. The van der Waals surface area contributed by atoms with E-state index in [0.29, 0.717) is 5.92 Å². The number of hydrogen-bond acceptors (Lipinski definition) is 4. The van der Waals surface area contributed by atoms with Gasteiger partial charge in [-0.3, -0.25) is 9.78 Å². The maximum Gasteiger partial charge on any atom is 0.164 e. The van der Waals surface area contributed by atoms with Gasteiger partial charge in [-0.05, 0) is 23.1 Å². The van der Waals surface area contributed by atoms with Gasteiger partial charge < -0.3 is 10.1 Å². The number of pyridine rings is 2. The van der Waals surface area contributed by atoms with Crippen LogP contribution in [0.2, 0.25) is 0 Å². The predicted molar refractivity (Wildman–Crippen MR) is 137 cm³/mol. The van der Waals surface area contributed by atoms with Crippen molar-refractivity contribution in [3.63, 3.8) is 0 Å². The Kier molecular flexibility index (Phi) is 10.3. The molecule has 1 N–H and O–H groups in total. The monoisotopic (exact) mass is 638 g/mol. The standard InChI is InChI=1S/C18H17N2.C11H20O2.Ir/c1-12(2)15-6-13(3)7-16(8-15)18-9-14-4-5-19-10-17(14)11-20-18;1-10(2,3)8(12)7-9(13)11(4,5)6;/h4-6,8-12H,1-3H3;7,12H,1-6H3;/q-1;;/b;8-7-;. The predicted octanol–water partition coefficient (Wildman–Crippen LogP) is 7.62. The summed E-state index contributed by atoms with van der Waals surface area (Å²) < 4.78 is 0. The summed E-state index contributed by atoms with van der Waals surface area (Å²) in [4.78, 5) is 20.2. The van der Waals surface area contributed by atoms with Gasteiger partial charge >= 0.3 is 0 Å². The molecule has 0 spiro atoms. The van der Waals surface area contributed by atoms with Crippen molar-refractivity contribution in [3.8, 4) is 11.3 Å². The van der Waals surface area contributed by atoms with E-state index in [1.165, 1.54) is 11.6 Å². The molecule has 5 heteroatoms. The first kappa shape index (κ1) is 29.7. The molecule has 1 aromatic carbocycles. The third-order valence-corrected chi connectivity index (χ3v) is 5.27. The molecule has 0 amide bonds. The summed E-state index contributed by atoms with van der Waals surface area (Å²) in [6.45, 7) is 17.6. The number of hydrogen-bond donors (Lipinski definition) is 1. The van der Waals surface area contributed by atoms with Gasteiger partial charge in [0.2, 0.25) is 0 Å². The Morgan fingerprint density at radius 3 is 2.21 bits per heavy atom. The van der Waals surface area contributed by atoms with Crippen molar-refractivity contribution in [2.24, 2.45) is 10.8 Å². The number of aryl methyl sites for hydroxylation is 1. The Morgan fingerprint density at radius 1 is 1.00 bits per heavy atom. The van der Waals surface area contributed by atoms with Crippen LogP contribution in [-0.2, 0) is 24.9 Å². The summed E-state index contributed by atoms with van der Waals surface area (Å²) in [5, 5.41) is 11.8. The molecule has 2 aromatic heterocycles. The largest absolute Gasteiger partial charge is 0.512 e. The zero-order valence-corrected chi connectivity index (χ0v) is 24.2. The summed E-state index contributed by atoms with van der Waals surface area (Å²) in [5.41, 5.74) is 3.75. The van der Waals surface area contributed by atoms with E-state index in [-0.39, 0.29) is 37.1 Å². The van der Waals surface area contributed by atoms with Crippen LogP contribution in [0.15, 0.2) is 54.7 Å². The molecular formula is C29H37IrN2O2-. The van der Waals surface area contributed by atoms with Crippen molar-refractivity contribution in [3.05, 3.63) is 71.9 Å². The van der Waals surface area contributed by atoms with Crippen molar-refractivity contribution in [2.45, 2.75) is 68.2 Å². The first-order chi connectivity index (χ1) is 15.2. The molecule has 0 bridgehead atoms. The normalized spacial score (nSPS) is 12.1. The van der Waals surface area contributed by atoms with Crippen LogP contribution in [0.1, 0.15) is 72.4 Å². The number of nitrogens with zero attached hydrogens (tertiary/aromatic N) is 2. The molecule has 0 aliphatic carbocycles. The van der Waals surface area contributed by atoms with Crippen LogP contribution in [0.3, 0.4) is 0 Å². The molecule has 185 valence electrons. The van der Waals surface area contributed by atoms with Crippen LogP contribution < -0.4 is 0 Å². The Morgan fingerprint density at radius 2 is 1.65 bits per heavy atom. The van der Waals surface area contributed by atoms with Crippen molar-refractivity contribution in [1.29, 1.82) is 0 Å². The van der Waals surface area contributed by atoms with Crippen LogP contribution in [0.25, 0.3) is 22.0 Å². The fourth-order valence-electron chi connectivity index (χ4n) is 2.90. The number of carbonyl (C=O) groups excluding carboxylic acids is 1. The quantitative estimate of drug-likeness (QED) is 0.182. The summed E-state index contributed by atoms with van der Waals surface area (Å²) in [6.07, 6.45) is 6.86. The summed E-state index contributed by atoms with van der Waals surface area (Å²) >= 11 is 0. The first-order valence-corrected chi connectivity index (χ1v) is 11.4. The van der Waals surface area contributed by atoms with E-state index in [2.05, 4.69) is 55.0 Å². The molecular weight excluding hydrogens is 601 g/mol. The van der Waals surface area contributed by atoms with Gasteiger partial charge in [-0.2, -0.15) is 0 Å². The van der Waals surface area contributed by atoms with E-state index in [1.807, 2.05) is 66.2 Å². The summed E-state index contributed by atoms with van der Waals surface area (Å²) in [6, 6.07) is 11.9. The molecule has 0 unspecified atom stereocenters. The molecule has 0 fully saturated rings. The number of allylic oxidation sites excluding steroid dienone is 2. The Hall–Kier alpha value is -2.36. The number of aromatic nitrogens is 2. The number of aliphatic hydroxyl groups excluding tert-OH is 1. The zero-order valence-electron chi connectivity index (χ0n) is 21.8. The van der Waals surface area contributed by atoms with Gasteiger partial charge in [-0.25, -0.2) is 0 Å². The number of benzene rings is 1. The van der Waals surface area contributed by atoms with E-state index >= 15 is 0 Å². The minimum atomic E-state index is -0.417. The van der Waals surface area contributed by atoms with E-state index in [9.17, 15) is 9.90 Å². The smallest absolute Gasteiger partial charge is 0.164 e. The van der Waals surface area contributed by atoms with E-state index < -0.39 is 5.41 Å². The van der Waals surface area contributed by atoms with Gasteiger partial charge in [-0.15, -0.1) is 34.9 Å². The van der Waals surface area contributed by atoms with Crippen molar-refractivity contribution >= 4 is 16.6 Å². The number of ketones is 1. The maximum atomic E-state index is 11.5. The maximum absolute atomic E-state index is 11.5. The Bertz CT molecular complexity index is 1150. The van der Waals surface area contributed by atoms with Crippen LogP contribution in [-0.4, -0.2) is 20.9 Å². The average molecular weight is 638 g/mol. The van der Waals surface area contributed by atoms with Gasteiger partial charge in [0, 0.05) is 61.0 Å². The molecule has 0 atom stereocenters. The zero-order chi connectivity index (χ0) is 25.0. The molecule has 0 saturated carbocycles. The Labute approximate surface area is 218 Å². The van der Waals surface area contributed by atoms with Crippen molar-refractivity contribution in [2.75, 3.05) is 0 Å². The van der Waals surface area contributed by atoms with Crippen LogP contribution >= 0.6 is 0 Å². The number of carbonyl (C=O) groups is 1. The van der Waals surface area contributed by atoms with Gasteiger partial charge in [0.25, 0.3) is 0 Å². The molecule has 0 aliphatic heterocycles. The fraction of sp³-hybridized carbons (Fsp3) is 0.414. The first-order valence-electron chi connectivity index (χ1n) is 11.4. The van der Waals surface area contributed by atoms with Crippen LogP contribution in [0.4, 0.5) is 0 Å². The van der Waals surface area contributed by atoms with E-state index in [4.69, 9.17) is 0 Å². The third kappa shape index (κ3) is 8.45. The third-order valence-electron chi connectivity index (χ3n) is 5.27. The van der Waals surface area contributed by atoms with Gasteiger partial charge in [0.1, 0.15) is 5.76 Å². The molecule has 2 heterocycles. The van der Waals surface area contributed by atoms with Crippen LogP contribution in [0, 0.1) is 23.8 Å². The second-order valence-electron chi connectivity index (χ2n) is 10.9. The molecule has 1 radical (unpaired) electrons. The van der Waals surface area contributed by atoms with Crippen LogP contribution in [0.5, 0.6) is 0 Å². The molecule has 34 heavy (non-hydrogen) atoms. The average Bonchev–Trinajstić information content (AvgIpc) is 2.72. The fourth-order valence-corrected chi connectivity index (χ4v) is 2.90. The summed E-state index contributed by atoms with van der Waals surface area (Å²) in [5.74, 6) is 0.610.